The van der Waals surface area contributed by atoms with Crippen LogP contribution in [-0.4, -0.2) is 58.0 Å². The van der Waals surface area contributed by atoms with Gasteiger partial charge >= 0.3 is 0 Å². The molecule has 1 fully saturated rings. The van der Waals surface area contributed by atoms with Gasteiger partial charge in [-0.3, -0.25) is 24.6 Å². The first-order valence-corrected chi connectivity index (χ1v) is 22.4. The van der Waals surface area contributed by atoms with E-state index in [4.69, 9.17) is 39.8 Å². The number of nitrogens with zero attached hydrogens (tertiary/aromatic N) is 5. The van der Waals surface area contributed by atoms with Crippen LogP contribution in [0.25, 0.3) is 42.8 Å². The first-order valence-electron chi connectivity index (χ1n) is 18.8. The number of aromatic nitrogens is 3. The lowest BCUT2D eigenvalue weighted by molar-refractivity contribution is 0.125. The number of benzene rings is 3. The third-order valence-corrected chi connectivity index (χ3v) is 13.5. The minimum atomic E-state index is -0.264. The average molecular weight is 1030 g/mol. The lowest BCUT2D eigenvalue weighted by Crippen LogP contribution is -2.46. The summed E-state index contributed by atoms with van der Waals surface area (Å²) >= 11 is 29.7. The molecule has 3 aliphatic rings. The molecule has 0 saturated carbocycles. The van der Waals surface area contributed by atoms with E-state index in [0.29, 0.717) is 15.9 Å². The molecule has 296 valence electrons. The van der Waals surface area contributed by atoms with Gasteiger partial charge in [0.1, 0.15) is 10.9 Å². The standard InChI is InChI=1S/C19H19BrClN3.C14H8BrCl2N.C14H8BrNO/c1-23-7-9-24(10-8-23)19-15-5-4-14(21)12-16(15)17(20)11-13-3-2-6-22-18(13)19;15-12-6-8-2-1-5-18-14(8)13(17)10-4-3-9(16)7-11(10)12;15-12-8-9-4-3-7-16-13(9)14(17)11-6-2-1-5-10(11)12/h2-6,11-12,19H,7-10H2,1H3;1-7,13H;1-8H. The fourth-order valence-electron chi connectivity index (χ4n) is 7.60. The van der Waals surface area contributed by atoms with Crippen LogP contribution in [0, 0.1) is 0 Å². The van der Waals surface area contributed by atoms with Gasteiger partial charge in [-0.25, -0.2) is 0 Å². The summed E-state index contributed by atoms with van der Waals surface area (Å²) in [6.07, 6.45) is 9.49. The first-order chi connectivity index (χ1) is 28.6. The van der Waals surface area contributed by atoms with Crippen molar-refractivity contribution in [2.75, 3.05) is 33.2 Å². The quantitative estimate of drug-likeness (QED) is 0.153. The van der Waals surface area contributed by atoms with Crippen molar-refractivity contribution in [3.63, 3.8) is 0 Å². The predicted molar refractivity (Wildman–Crippen MR) is 257 cm³/mol. The molecule has 10 rings (SSSR count). The number of halogens is 6. The molecule has 6 nitrogen and oxygen atoms in total. The highest BCUT2D eigenvalue weighted by molar-refractivity contribution is 9.15. The highest BCUT2D eigenvalue weighted by Gasteiger charge is 2.32. The molecule has 7 aromatic rings. The van der Waals surface area contributed by atoms with E-state index in [9.17, 15) is 4.79 Å². The molecule has 1 aliphatic heterocycles. The normalized spacial score (nSPS) is 17.3. The molecule has 0 radical (unpaired) electrons. The second-order valence-corrected chi connectivity index (χ2v) is 18.2. The van der Waals surface area contributed by atoms with Crippen molar-refractivity contribution in [2.24, 2.45) is 0 Å². The molecule has 0 N–H and O–H groups in total. The fourth-order valence-corrected chi connectivity index (χ4v) is 10.1. The zero-order chi connectivity index (χ0) is 41.2. The van der Waals surface area contributed by atoms with Crippen LogP contribution in [0.3, 0.4) is 0 Å². The van der Waals surface area contributed by atoms with Gasteiger partial charge in [0, 0.05) is 79.0 Å². The lowest BCUT2D eigenvalue weighted by atomic mass is 9.96. The zero-order valence-electron chi connectivity index (χ0n) is 31.6. The zero-order valence-corrected chi connectivity index (χ0v) is 38.6. The van der Waals surface area contributed by atoms with Gasteiger partial charge in [-0.2, -0.15) is 0 Å². The molecular formula is C47H35Br3Cl3N5O. The van der Waals surface area contributed by atoms with Gasteiger partial charge in [0.05, 0.1) is 17.4 Å². The Bertz CT molecular complexity index is 2850. The molecule has 12 heteroatoms. The summed E-state index contributed by atoms with van der Waals surface area (Å²) in [5, 5.41) is 3.64. The number of rotatable bonds is 1. The summed E-state index contributed by atoms with van der Waals surface area (Å²) in [6.45, 7) is 4.24. The Kier molecular flexibility index (Phi) is 13.1. The topological polar surface area (TPSA) is 62.2 Å². The summed E-state index contributed by atoms with van der Waals surface area (Å²) in [5.74, 6) is 0. The highest BCUT2D eigenvalue weighted by atomic mass is 79.9. The molecule has 4 aromatic carbocycles. The second-order valence-electron chi connectivity index (χ2n) is 14.3. The van der Waals surface area contributed by atoms with Crippen molar-refractivity contribution >= 4 is 125 Å². The number of hydrogen-bond donors (Lipinski definition) is 0. The Hall–Kier alpha value is -3.77. The third-order valence-electron chi connectivity index (χ3n) is 10.6. The molecule has 1 saturated heterocycles. The molecule has 2 unspecified atom stereocenters. The van der Waals surface area contributed by atoms with Crippen molar-refractivity contribution in [3.8, 4) is 0 Å². The van der Waals surface area contributed by atoms with E-state index in [0.717, 1.165) is 89.1 Å². The van der Waals surface area contributed by atoms with Crippen molar-refractivity contribution in [1.29, 1.82) is 0 Å². The number of pyridine rings is 3. The predicted octanol–water partition coefficient (Wildman–Crippen LogP) is 13.1. The van der Waals surface area contributed by atoms with Crippen molar-refractivity contribution in [1.82, 2.24) is 24.8 Å². The van der Waals surface area contributed by atoms with Crippen LogP contribution in [0.2, 0.25) is 10.0 Å². The SMILES string of the molecule is CN1CCN(C2c3ccc(Cl)cc3C(Br)=Cc3cccnc32)CC1.Clc1ccc2c(c1)C(Br)=Cc1cccnc1C2Cl.O=c1c2ccccc2c(Br)cc2cccnc12. The number of hydrogen-bond acceptors (Lipinski definition) is 6. The first kappa shape index (κ1) is 41.9. The van der Waals surface area contributed by atoms with Crippen LogP contribution in [0.5, 0.6) is 0 Å². The molecule has 59 heavy (non-hydrogen) atoms. The molecule has 0 bridgehead atoms. The van der Waals surface area contributed by atoms with Crippen LogP contribution in [0.4, 0.5) is 0 Å². The van der Waals surface area contributed by atoms with Crippen LogP contribution < -0.4 is 5.43 Å². The van der Waals surface area contributed by atoms with Crippen molar-refractivity contribution in [2.45, 2.75) is 11.4 Å². The van der Waals surface area contributed by atoms with Gasteiger partial charge < -0.3 is 4.90 Å². The Morgan fingerprint density at radius 2 is 1.19 bits per heavy atom. The molecule has 2 aliphatic carbocycles. The van der Waals surface area contributed by atoms with E-state index in [-0.39, 0.29) is 16.8 Å². The van der Waals surface area contributed by atoms with Gasteiger partial charge in [0.15, 0.2) is 0 Å². The largest absolute Gasteiger partial charge is 0.304 e. The summed E-state index contributed by atoms with van der Waals surface area (Å²) in [6, 6.07) is 33.3. The van der Waals surface area contributed by atoms with Gasteiger partial charge in [0.2, 0.25) is 5.43 Å². The maximum atomic E-state index is 12.4. The fraction of sp³-hybridized carbons (Fsp3) is 0.149. The van der Waals surface area contributed by atoms with Crippen molar-refractivity contribution in [3.05, 3.63) is 191 Å². The lowest BCUT2D eigenvalue weighted by Gasteiger charge is -2.38. The smallest absolute Gasteiger partial charge is 0.212 e. The van der Waals surface area contributed by atoms with E-state index in [2.05, 4.69) is 92.8 Å². The van der Waals surface area contributed by atoms with Gasteiger partial charge in [0.25, 0.3) is 0 Å². The average Bonchev–Trinajstić information content (AvgIpc) is 3.50. The van der Waals surface area contributed by atoms with Crippen LogP contribution >= 0.6 is 82.6 Å². The summed E-state index contributed by atoms with van der Waals surface area (Å²) < 4.78 is 2.94. The van der Waals surface area contributed by atoms with E-state index < -0.39 is 0 Å². The number of fused-ring (bicyclic) bond motifs is 6. The van der Waals surface area contributed by atoms with Crippen LogP contribution in [0.1, 0.15) is 56.2 Å². The second kappa shape index (κ2) is 18.5. The number of piperazine rings is 1. The molecule has 0 spiro atoms. The highest BCUT2D eigenvalue weighted by Crippen LogP contribution is 2.43. The van der Waals surface area contributed by atoms with Gasteiger partial charge in [-0.1, -0.05) is 126 Å². The van der Waals surface area contributed by atoms with Gasteiger partial charge in [-0.05, 0) is 106 Å². The monoisotopic (exact) mass is 1030 g/mol. The molecule has 4 heterocycles. The third kappa shape index (κ3) is 9.00. The van der Waals surface area contributed by atoms with Crippen molar-refractivity contribution < 1.29 is 0 Å². The molecular weight excluding hydrogens is 997 g/mol. The molecule has 3 aromatic heterocycles. The minimum Gasteiger partial charge on any atom is -0.304 e. The Balaban J connectivity index is 0.000000126. The van der Waals surface area contributed by atoms with E-state index in [1.165, 1.54) is 11.1 Å². The van der Waals surface area contributed by atoms with E-state index in [1.807, 2.05) is 103 Å². The van der Waals surface area contributed by atoms with E-state index in [1.54, 1.807) is 12.4 Å². The number of likely N-dealkylation sites (N-methyl/N-ethyl adjacent to an activating group) is 1. The molecule has 0 amide bonds. The summed E-state index contributed by atoms with van der Waals surface area (Å²) in [7, 11) is 2.18. The molecule has 2 atom stereocenters. The van der Waals surface area contributed by atoms with Gasteiger partial charge in [-0.15, -0.1) is 11.6 Å². The van der Waals surface area contributed by atoms with Crippen LogP contribution in [-0.2, 0) is 0 Å². The minimum absolute atomic E-state index is 0.0260. The summed E-state index contributed by atoms with van der Waals surface area (Å²) in [5.41, 5.74) is 9.13. The maximum absolute atomic E-state index is 12.4. The van der Waals surface area contributed by atoms with E-state index >= 15 is 0 Å². The number of alkyl halides is 1. The Morgan fingerprint density at radius 3 is 1.86 bits per heavy atom. The summed E-state index contributed by atoms with van der Waals surface area (Å²) in [4.78, 5) is 30.6. The van der Waals surface area contributed by atoms with Crippen LogP contribution in [0.15, 0.2) is 131 Å². The maximum Gasteiger partial charge on any atom is 0.212 e. The Morgan fingerprint density at radius 1 is 0.627 bits per heavy atom. The Labute approximate surface area is 383 Å².